The molecule has 0 atom stereocenters. The molecule has 106 valence electrons. The average molecular weight is 265 g/mol. The number of amides is 1. The number of carbonyl (C=O) groups excluding carboxylic acids is 1. The summed E-state index contributed by atoms with van der Waals surface area (Å²) in [6.45, 7) is 3.51. The van der Waals surface area contributed by atoms with Crippen LogP contribution in [0.2, 0.25) is 0 Å². The van der Waals surface area contributed by atoms with Crippen LogP contribution in [0.3, 0.4) is 0 Å². The first-order chi connectivity index (χ1) is 8.95. The molecule has 1 aromatic heterocycles. The molecule has 1 rings (SSSR count). The molecule has 0 radical (unpaired) electrons. The Balaban J connectivity index is 2.71. The number of carbonyl (C=O) groups is 1. The largest absolute Gasteiger partial charge is 0.342 e. The van der Waals surface area contributed by atoms with Gasteiger partial charge in [0.25, 0.3) is 5.91 Å². The fraction of sp³-hybridized carbons (Fsp3) is 0.538. The third-order valence-corrected chi connectivity index (χ3v) is 2.87. The summed E-state index contributed by atoms with van der Waals surface area (Å²) >= 11 is 0. The summed E-state index contributed by atoms with van der Waals surface area (Å²) in [5.74, 6) is 5.37. The van der Waals surface area contributed by atoms with Crippen molar-refractivity contribution >= 4 is 11.6 Å². The molecular weight excluding hydrogens is 242 g/mol. The van der Waals surface area contributed by atoms with E-state index in [9.17, 15) is 4.79 Å². The minimum atomic E-state index is -0.0702. The van der Waals surface area contributed by atoms with Crippen molar-refractivity contribution in [3.63, 3.8) is 0 Å². The van der Waals surface area contributed by atoms with Crippen molar-refractivity contribution in [1.82, 2.24) is 14.8 Å². The smallest absolute Gasteiger partial charge is 0.257 e. The summed E-state index contributed by atoms with van der Waals surface area (Å²) in [7, 11) is 5.82. The number of aryl methyl sites for hydroxylation is 1. The highest BCUT2D eigenvalue weighted by atomic mass is 16.2. The molecule has 1 heterocycles. The Morgan fingerprint density at radius 1 is 1.37 bits per heavy atom. The molecule has 0 aliphatic rings. The molecule has 0 fully saturated rings. The highest BCUT2D eigenvalue weighted by molar-refractivity contribution is 5.99. The number of nitrogens with one attached hydrogen (secondary N) is 1. The molecule has 0 saturated heterocycles. The molecule has 19 heavy (non-hydrogen) atoms. The number of hydrazine groups is 1. The number of nitrogens with zero attached hydrogens (tertiary/aromatic N) is 3. The molecule has 1 aromatic rings. The first kappa shape index (κ1) is 15.4. The molecule has 0 bridgehead atoms. The Kier molecular flexibility index (Phi) is 5.72. The van der Waals surface area contributed by atoms with Crippen molar-refractivity contribution in [3.05, 3.63) is 23.5 Å². The van der Waals surface area contributed by atoms with E-state index in [4.69, 9.17) is 5.84 Å². The van der Waals surface area contributed by atoms with Gasteiger partial charge in [0.2, 0.25) is 0 Å². The van der Waals surface area contributed by atoms with Gasteiger partial charge in [0.05, 0.1) is 11.3 Å². The summed E-state index contributed by atoms with van der Waals surface area (Å²) in [6, 6.07) is 1.76. The van der Waals surface area contributed by atoms with Gasteiger partial charge >= 0.3 is 0 Å². The van der Waals surface area contributed by atoms with Crippen molar-refractivity contribution in [2.24, 2.45) is 5.84 Å². The molecule has 3 N–H and O–H groups in total. The number of hydrogen-bond donors (Lipinski definition) is 2. The first-order valence-electron chi connectivity index (χ1n) is 6.29. The molecule has 0 aliphatic heterocycles. The molecule has 1 amide bonds. The molecule has 0 aliphatic carbocycles. The number of hydrogen-bond acceptors (Lipinski definition) is 5. The molecule has 6 heteroatoms. The lowest BCUT2D eigenvalue weighted by molar-refractivity contribution is 0.0791. The van der Waals surface area contributed by atoms with Gasteiger partial charge in [0, 0.05) is 25.5 Å². The summed E-state index contributed by atoms with van der Waals surface area (Å²) < 4.78 is 0. The summed E-state index contributed by atoms with van der Waals surface area (Å²) in [6.07, 6.45) is 2.50. The summed E-state index contributed by atoms with van der Waals surface area (Å²) in [5.41, 5.74) is 4.48. The molecule has 0 saturated carbocycles. The van der Waals surface area contributed by atoms with E-state index < -0.39 is 0 Å². The standard InChI is InChI=1S/C13H23N5O/c1-10-8-12(16-14)11(9-15-10)13(19)18(4)7-5-6-17(2)3/h8-9H,5-7,14H2,1-4H3,(H,15,16). The van der Waals surface area contributed by atoms with Gasteiger partial charge in [-0.05, 0) is 40.1 Å². The lowest BCUT2D eigenvalue weighted by Crippen LogP contribution is -2.30. The highest BCUT2D eigenvalue weighted by Gasteiger charge is 2.16. The predicted molar refractivity (Wildman–Crippen MR) is 76.9 cm³/mol. The third-order valence-electron chi connectivity index (χ3n) is 2.87. The second-order valence-electron chi connectivity index (χ2n) is 4.90. The van der Waals surface area contributed by atoms with E-state index in [1.165, 1.54) is 0 Å². The maximum absolute atomic E-state index is 12.3. The monoisotopic (exact) mass is 265 g/mol. The van der Waals surface area contributed by atoms with Crippen molar-refractivity contribution < 1.29 is 4.79 Å². The van der Waals surface area contributed by atoms with Crippen LogP contribution < -0.4 is 11.3 Å². The number of nitrogen functional groups attached to an aromatic ring is 1. The maximum Gasteiger partial charge on any atom is 0.257 e. The first-order valence-corrected chi connectivity index (χ1v) is 6.29. The maximum atomic E-state index is 12.3. The van der Waals surface area contributed by atoms with Gasteiger partial charge in [0.15, 0.2) is 0 Å². The Bertz CT molecular complexity index is 433. The number of nitrogens with two attached hydrogens (primary N) is 1. The quantitative estimate of drug-likeness (QED) is 0.585. The summed E-state index contributed by atoms with van der Waals surface area (Å²) in [5, 5.41) is 0. The minimum absolute atomic E-state index is 0.0702. The second-order valence-corrected chi connectivity index (χ2v) is 4.90. The minimum Gasteiger partial charge on any atom is -0.342 e. The molecule has 6 nitrogen and oxygen atoms in total. The summed E-state index contributed by atoms with van der Waals surface area (Å²) in [4.78, 5) is 20.2. The Morgan fingerprint density at radius 2 is 2.05 bits per heavy atom. The lowest BCUT2D eigenvalue weighted by Gasteiger charge is -2.20. The van der Waals surface area contributed by atoms with E-state index in [0.717, 1.165) is 18.7 Å². The van der Waals surface area contributed by atoms with Crippen molar-refractivity contribution in [1.29, 1.82) is 0 Å². The van der Waals surface area contributed by atoms with Crippen molar-refractivity contribution in [3.8, 4) is 0 Å². The molecule has 0 unspecified atom stereocenters. The topological polar surface area (TPSA) is 74.5 Å². The van der Waals surface area contributed by atoms with Crippen LogP contribution in [0.25, 0.3) is 0 Å². The SMILES string of the molecule is Cc1cc(NN)c(C(=O)N(C)CCCN(C)C)cn1. The highest BCUT2D eigenvalue weighted by Crippen LogP contribution is 2.16. The van der Waals surface area contributed by atoms with E-state index in [1.54, 1.807) is 24.2 Å². The van der Waals surface area contributed by atoms with Crippen LogP contribution in [-0.2, 0) is 0 Å². The Labute approximate surface area is 114 Å². The van der Waals surface area contributed by atoms with E-state index in [2.05, 4.69) is 15.3 Å². The fourth-order valence-corrected chi connectivity index (χ4v) is 1.78. The van der Waals surface area contributed by atoms with Crippen LogP contribution in [-0.4, -0.2) is 54.9 Å². The van der Waals surface area contributed by atoms with E-state index in [-0.39, 0.29) is 5.91 Å². The van der Waals surface area contributed by atoms with Crippen LogP contribution in [0.4, 0.5) is 5.69 Å². The van der Waals surface area contributed by atoms with E-state index >= 15 is 0 Å². The van der Waals surface area contributed by atoms with Gasteiger partial charge in [-0.15, -0.1) is 0 Å². The lowest BCUT2D eigenvalue weighted by atomic mass is 10.2. The molecule has 0 aromatic carbocycles. The van der Waals surface area contributed by atoms with Crippen LogP contribution in [0.15, 0.2) is 12.3 Å². The number of rotatable bonds is 6. The Morgan fingerprint density at radius 3 is 2.63 bits per heavy atom. The number of pyridine rings is 1. The van der Waals surface area contributed by atoms with Gasteiger partial charge in [-0.25, -0.2) is 0 Å². The average Bonchev–Trinajstić information content (AvgIpc) is 2.37. The zero-order chi connectivity index (χ0) is 14.4. The van der Waals surface area contributed by atoms with Crippen LogP contribution in [0.5, 0.6) is 0 Å². The van der Waals surface area contributed by atoms with Crippen LogP contribution >= 0.6 is 0 Å². The van der Waals surface area contributed by atoms with Gasteiger partial charge in [-0.3, -0.25) is 15.6 Å². The second kappa shape index (κ2) is 7.06. The van der Waals surface area contributed by atoms with Crippen LogP contribution in [0.1, 0.15) is 22.5 Å². The van der Waals surface area contributed by atoms with Gasteiger partial charge in [-0.1, -0.05) is 0 Å². The number of anilines is 1. The van der Waals surface area contributed by atoms with Gasteiger partial charge in [-0.2, -0.15) is 0 Å². The van der Waals surface area contributed by atoms with E-state index in [0.29, 0.717) is 17.8 Å². The van der Waals surface area contributed by atoms with Gasteiger partial charge < -0.3 is 15.2 Å². The molecular formula is C13H23N5O. The van der Waals surface area contributed by atoms with Gasteiger partial charge in [0.1, 0.15) is 0 Å². The van der Waals surface area contributed by atoms with Crippen molar-refractivity contribution in [2.45, 2.75) is 13.3 Å². The zero-order valence-corrected chi connectivity index (χ0v) is 12.1. The Hall–Kier alpha value is -1.66. The van der Waals surface area contributed by atoms with E-state index in [1.807, 2.05) is 21.0 Å². The zero-order valence-electron chi connectivity index (χ0n) is 12.1. The number of aromatic nitrogens is 1. The normalized spacial score (nSPS) is 10.6. The predicted octanol–water partition coefficient (Wildman–Crippen LogP) is 0.699. The van der Waals surface area contributed by atoms with Crippen molar-refractivity contribution in [2.75, 3.05) is 39.7 Å². The third kappa shape index (κ3) is 4.50. The molecule has 0 spiro atoms. The fourth-order valence-electron chi connectivity index (χ4n) is 1.78. The van der Waals surface area contributed by atoms with Crippen LogP contribution in [0, 0.1) is 6.92 Å².